The van der Waals surface area contributed by atoms with E-state index < -0.39 is 0 Å². The molecule has 2 rings (SSSR count). The molecule has 0 aromatic carbocycles. The van der Waals surface area contributed by atoms with Crippen molar-refractivity contribution in [3.63, 3.8) is 0 Å². The number of hydrogen-bond donors (Lipinski definition) is 2. The Morgan fingerprint density at radius 1 is 1.47 bits per heavy atom. The number of rotatable bonds is 5. The van der Waals surface area contributed by atoms with E-state index >= 15 is 0 Å². The lowest BCUT2D eigenvalue weighted by Crippen LogP contribution is -2.44. The molecule has 1 aromatic rings. The number of nitrogens with one attached hydrogen (secondary N) is 2. The van der Waals surface area contributed by atoms with Crippen LogP contribution in [0.1, 0.15) is 22.6 Å². The van der Waals surface area contributed by atoms with Crippen molar-refractivity contribution in [2.24, 2.45) is 7.05 Å². The van der Waals surface area contributed by atoms with Gasteiger partial charge in [0, 0.05) is 39.8 Å². The summed E-state index contributed by atoms with van der Waals surface area (Å²) in [4.78, 5) is 14.4. The van der Waals surface area contributed by atoms with Gasteiger partial charge in [-0.25, -0.2) is 0 Å². The van der Waals surface area contributed by atoms with Gasteiger partial charge in [-0.1, -0.05) is 0 Å². The highest BCUT2D eigenvalue weighted by molar-refractivity contribution is 5.92. The van der Waals surface area contributed by atoms with Gasteiger partial charge in [0.1, 0.15) is 5.69 Å². The van der Waals surface area contributed by atoms with Crippen molar-refractivity contribution in [3.05, 3.63) is 17.5 Å². The molecule has 19 heavy (non-hydrogen) atoms. The Hall–Kier alpha value is -1.40. The zero-order valence-electron chi connectivity index (χ0n) is 11.8. The molecule has 1 aromatic heterocycles. The van der Waals surface area contributed by atoms with Crippen LogP contribution in [0.5, 0.6) is 0 Å². The third-order valence-electron chi connectivity index (χ3n) is 3.38. The monoisotopic (exact) mass is 265 g/mol. The molecule has 0 saturated carbocycles. The summed E-state index contributed by atoms with van der Waals surface area (Å²) < 4.78 is 1.63. The number of hydrogen-bond acceptors (Lipinski definition) is 4. The van der Waals surface area contributed by atoms with E-state index in [0.29, 0.717) is 12.2 Å². The Morgan fingerprint density at radius 2 is 2.21 bits per heavy atom. The fourth-order valence-electron chi connectivity index (χ4n) is 2.35. The molecule has 6 nitrogen and oxygen atoms in total. The third kappa shape index (κ3) is 4.04. The molecule has 1 aliphatic heterocycles. The van der Waals surface area contributed by atoms with Crippen LogP contribution in [0, 0.1) is 6.92 Å². The van der Waals surface area contributed by atoms with Crippen LogP contribution in [-0.4, -0.2) is 59.9 Å². The van der Waals surface area contributed by atoms with Crippen LogP contribution in [0.25, 0.3) is 0 Å². The van der Waals surface area contributed by atoms with Crippen molar-refractivity contribution in [1.29, 1.82) is 0 Å². The molecule has 1 aliphatic rings. The SMILES string of the molecule is Cc1cc(C(=O)NCCCN2CCNCC2)n(C)n1. The van der Waals surface area contributed by atoms with Crippen molar-refractivity contribution in [2.45, 2.75) is 13.3 Å². The normalized spacial score (nSPS) is 16.5. The van der Waals surface area contributed by atoms with Crippen LogP contribution in [0.15, 0.2) is 6.07 Å². The predicted molar refractivity (Wildman–Crippen MR) is 74.2 cm³/mol. The van der Waals surface area contributed by atoms with Gasteiger partial charge < -0.3 is 15.5 Å². The number of aryl methyl sites for hydroxylation is 2. The second-order valence-corrected chi connectivity index (χ2v) is 5.00. The number of amides is 1. The molecule has 0 atom stereocenters. The van der Waals surface area contributed by atoms with Crippen LogP contribution in [0.2, 0.25) is 0 Å². The maximum absolute atomic E-state index is 11.9. The van der Waals surface area contributed by atoms with Crippen LogP contribution < -0.4 is 10.6 Å². The molecule has 1 saturated heterocycles. The summed E-state index contributed by atoms with van der Waals surface area (Å²) in [6.45, 7) is 8.01. The zero-order valence-corrected chi connectivity index (χ0v) is 11.8. The average Bonchev–Trinajstić information content (AvgIpc) is 2.75. The molecule has 1 amide bonds. The average molecular weight is 265 g/mol. The topological polar surface area (TPSA) is 62.2 Å². The van der Waals surface area contributed by atoms with Crippen LogP contribution in [0.4, 0.5) is 0 Å². The Kier molecular flexibility index (Phi) is 4.93. The largest absolute Gasteiger partial charge is 0.351 e. The summed E-state index contributed by atoms with van der Waals surface area (Å²) in [5, 5.41) is 10.5. The van der Waals surface area contributed by atoms with E-state index in [9.17, 15) is 4.79 Å². The van der Waals surface area contributed by atoms with Gasteiger partial charge in [-0.2, -0.15) is 5.10 Å². The predicted octanol–water partition coefficient (Wildman–Crippen LogP) is -0.246. The molecule has 6 heteroatoms. The maximum Gasteiger partial charge on any atom is 0.269 e. The highest BCUT2D eigenvalue weighted by Crippen LogP contribution is 2.01. The lowest BCUT2D eigenvalue weighted by atomic mass is 10.3. The molecule has 0 spiro atoms. The number of piperazine rings is 1. The summed E-state index contributed by atoms with van der Waals surface area (Å²) in [6, 6.07) is 1.81. The van der Waals surface area contributed by atoms with Gasteiger partial charge in [-0.15, -0.1) is 0 Å². The van der Waals surface area contributed by atoms with Gasteiger partial charge >= 0.3 is 0 Å². The van der Waals surface area contributed by atoms with Crippen LogP contribution >= 0.6 is 0 Å². The standard InChI is InChI=1S/C13H23N5O/c1-11-10-12(17(2)16-11)13(19)15-4-3-7-18-8-5-14-6-9-18/h10,14H,3-9H2,1-2H3,(H,15,19). The summed E-state index contributed by atoms with van der Waals surface area (Å²) in [6.07, 6.45) is 0.989. The van der Waals surface area contributed by atoms with E-state index in [1.807, 2.05) is 13.0 Å². The van der Waals surface area contributed by atoms with E-state index in [4.69, 9.17) is 0 Å². The second kappa shape index (κ2) is 6.68. The smallest absolute Gasteiger partial charge is 0.269 e. The van der Waals surface area contributed by atoms with Crippen LogP contribution in [0.3, 0.4) is 0 Å². The van der Waals surface area contributed by atoms with Crippen molar-refractivity contribution in [1.82, 2.24) is 25.3 Å². The van der Waals surface area contributed by atoms with E-state index in [-0.39, 0.29) is 5.91 Å². The summed E-state index contributed by atoms with van der Waals surface area (Å²) in [7, 11) is 1.79. The van der Waals surface area contributed by atoms with Crippen molar-refractivity contribution >= 4 is 5.91 Å². The first-order valence-corrected chi connectivity index (χ1v) is 6.89. The molecule has 0 radical (unpaired) electrons. The highest BCUT2D eigenvalue weighted by Gasteiger charge is 2.12. The minimum Gasteiger partial charge on any atom is -0.351 e. The molecule has 0 bridgehead atoms. The van der Waals surface area contributed by atoms with E-state index in [2.05, 4.69) is 20.6 Å². The first-order chi connectivity index (χ1) is 9.16. The van der Waals surface area contributed by atoms with Gasteiger partial charge in [0.05, 0.1) is 5.69 Å². The summed E-state index contributed by atoms with van der Waals surface area (Å²) >= 11 is 0. The molecule has 1 fully saturated rings. The number of aromatic nitrogens is 2. The Labute approximate surface area is 114 Å². The van der Waals surface area contributed by atoms with Crippen molar-refractivity contribution in [3.8, 4) is 0 Å². The Bertz CT molecular complexity index is 423. The van der Waals surface area contributed by atoms with Gasteiger partial charge in [-0.3, -0.25) is 9.48 Å². The Morgan fingerprint density at radius 3 is 2.84 bits per heavy atom. The number of carbonyl (C=O) groups excluding carboxylic acids is 1. The quantitative estimate of drug-likeness (QED) is 0.721. The minimum absolute atomic E-state index is 0.0385. The van der Waals surface area contributed by atoms with Crippen LogP contribution in [-0.2, 0) is 7.05 Å². The molecule has 0 aliphatic carbocycles. The van der Waals surface area contributed by atoms with Gasteiger partial charge in [0.2, 0.25) is 0 Å². The highest BCUT2D eigenvalue weighted by atomic mass is 16.2. The molecule has 106 valence electrons. The Balaban J connectivity index is 1.67. The third-order valence-corrected chi connectivity index (χ3v) is 3.38. The first kappa shape index (κ1) is 14.0. The lowest BCUT2D eigenvalue weighted by molar-refractivity contribution is 0.0942. The molecule has 2 N–H and O–H groups in total. The summed E-state index contributed by atoms with van der Waals surface area (Å²) in [5.41, 5.74) is 1.49. The molecule has 0 unspecified atom stereocenters. The fraction of sp³-hybridized carbons (Fsp3) is 0.692. The maximum atomic E-state index is 11.9. The van der Waals surface area contributed by atoms with Gasteiger partial charge in [-0.05, 0) is 26.0 Å². The van der Waals surface area contributed by atoms with E-state index in [1.165, 1.54) is 0 Å². The molecular formula is C13H23N5O. The molecular weight excluding hydrogens is 242 g/mol. The number of nitrogens with zero attached hydrogens (tertiary/aromatic N) is 3. The van der Waals surface area contributed by atoms with E-state index in [0.717, 1.165) is 44.8 Å². The first-order valence-electron chi connectivity index (χ1n) is 6.89. The lowest BCUT2D eigenvalue weighted by Gasteiger charge is -2.27. The second-order valence-electron chi connectivity index (χ2n) is 5.00. The van der Waals surface area contributed by atoms with Crippen molar-refractivity contribution < 1.29 is 4.79 Å². The van der Waals surface area contributed by atoms with E-state index in [1.54, 1.807) is 11.7 Å². The van der Waals surface area contributed by atoms with Crippen molar-refractivity contribution in [2.75, 3.05) is 39.3 Å². The minimum atomic E-state index is -0.0385. The van der Waals surface area contributed by atoms with Gasteiger partial charge in [0.15, 0.2) is 0 Å². The fourth-order valence-corrected chi connectivity index (χ4v) is 2.35. The summed E-state index contributed by atoms with van der Waals surface area (Å²) in [5.74, 6) is -0.0385. The zero-order chi connectivity index (χ0) is 13.7. The number of carbonyl (C=O) groups is 1. The molecule has 2 heterocycles. The van der Waals surface area contributed by atoms with Gasteiger partial charge in [0.25, 0.3) is 5.91 Å².